The second-order valence-corrected chi connectivity index (χ2v) is 5.62. The van der Waals surface area contributed by atoms with Gasteiger partial charge in [0, 0.05) is 18.7 Å². The molecule has 2 heteroatoms. The highest BCUT2D eigenvalue weighted by Gasteiger charge is 2.27. The predicted octanol–water partition coefficient (Wildman–Crippen LogP) is 3.02. The molecule has 2 atom stereocenters. The summed E-state index contributed by atoms with van der Waals surface area (Å²) in [4.78, 5) is 14.5. The van der Waals surface area contributed by atoms with Gasteiger partial charge in [-0.1, -0.05) is 45.0 Å². The van der Waals surface area contributed by atoms with Gasteiger partial charge in [0.05, 0.1) is 6.54 Å². The van der Waals surface area contributed by atoms with Crippen LogP contribution in [0.1, 0.15) is 36.7 Å². The third kappa shape index (κ3) is 2.99. The van der Waals surface area contributed by atoms with E-state index in [9.17, 15) is 4.79 Å². The average Bonchev–Trinajstić information content (AvgIpc) is 2.68. The van der Waals surface area contributed by atoms with Crippen LogP contribution < -0.4 is 0 Å². The molecule has 0 saturated carbocycles. The van der Waals surface area contributed by atoms with Gasteiger partial charge in [-0.25, -0.2) is 0 Å². The summed E-state index contributed by atoms with van der Waals surface area (Å²) in [6.07, 6.45) is 1.02. The minimum atomic E-state index is 0.249. The monoisotopic (exact) mass is 245 g/mol. The average molecular weight is 245 g/mol. The zero-order chi connectivity index (χ0) is 13.1. The van der Waals surface area contributed by atoms with E-state index in [1.165, 1.54) is 5.56 Å². The summed E-state index contributed by atoms with van der Waals surface area (Å²) < 4.78 is 0. The first kappa shape index (κ1) is 13.3. The largest absolute Gasteiger partial charge is 0.295 e. The third-order valence-electron chi connectivity index (χ3n) is 4.12. The summed E-state index contributed by atoms with van der Waals surface area (Å²) >= 11 is 0. The molecule has 1 heterocycles. The maximum atomic E-state index is 12.2. The summed E-state index contributed by atoms with van der Waals surface area (Å²) in [5.41, 5.74) is 2.13. The Kier molecular flexibility index (Phi) is 4.18. The number of Topliss-reactive ketones (excluding diaryl/α,β-unsaturated/α-hetero) is 1. The van der Waals surface area contributed by atoms with E-state index in [-0.39, 0.29) is 5.78 Å². The Labute approximate surface area is 110 Å². The Morgan fingerprint density at radius 1 is 1.17 bits per heavy atom. The lowest BCUT2D eigenvalue weighted by molar-refractivity contribution is 0.0942. The summed E-state index contributed by atoms with van der Waals surface area (Å²) in [6.45, 7) is 9.35. The van der Waals surface area contributed by atoms with Gasteiger partial charge in [-0.3, -0.25) is 9.69 Å². The molecule has 0 N–H and O–H groups in total. The van der Waals surface area contributed by atoms with Crippen LogP contribution in [0.25, 0.3) is 0 Å². The second kappa shape index (κ2) is 5.66. The Morgan fingerprint density at radius 2 is 1.72 bits per heavy atom. The first-order valence-corrected chi connectivity index (χ1v) is 6.94. The molecule has 1 aromatic rings. The molecule has 1 aromatic carbocycles. The van der Waals surface area contributed by atoms with Crippen LogP contribution in [0, 0.1) is 11.8 Å². The van der Waals surface area contributed by atoms with Crippen molar-refractivity contribution in [2.45, 2.75) is 27.2 Å². The third-order valence-corrected chi connectivity index (χ3v) is 4.12. The molecule has 0 spiro atoms. The maximum Gasteiger partial charge on any atom is 0.176 e. The Balaban J connectivity index is 1.95. The van der Waals surface area contributed by atoms with Gasteiger partial charge in [-0.05, 0) is 23.8 Å². The standard InChI is InChI=1S/C16H23NO/c1-4-14-5-7-15(8-6-14)16(18)11-17-9-12(2)13(3)10-17/h5-8,12-13H,4,9-11H2,1-3H3. The quantitative estimate of drug-likeness (QED) is 0.760. The van der Waals surface area contributed by atoms with E-state index >= 15 is 0 Å². The van der Waals surface area contributed by atoms with Crippen LogP contribution in [0.2, 0.25) is 0 Å². The van der Waals surface area contributed by atoms with Crippen molar-refractivity contribution in [3.8, 4) is 0 Å². The summed E-state index contributed by atoms with van der Waals surface area (Å²) in [6, 6.07) is 8.04. The Hall–Kier alpha value is -1.15. The molecule has 0 bridgehead atoms. The van der Waals surface area contributed by atoms with Crippen LogP contribution in [0.15, 0.2) is 24.3 Å². The first-order chi connectivity index (χ1) is 8.60. The molecule has 98 valence electrons. The number of hydrogen-bond donors (Lipinski definition) is 0. The number of carbonyl (C=O) groups is 1. The lowest BCUT2D eigenvalue weighted by Gasteiger charge is -2.14. The fourth-order valence-corrected chi connectivity index (χ4v) is 2.60. The molecule has 2 nitrogen and oxygen atoms in total. The van der Waals surface area contributed by atoms with E-state index in [4.69, 9.17) is 0 Å². The highest BCUT2D eigenvalue weighted by Crippen LogP contribution is 2.22. The highest BCUT2D eigenvalue weighted by atomic mass is 16.1. The molecule has 0 aromatic heterocycles. The predicted molar refractivity (Wildman–Crippen MR) is 74.9 cm³/mol. The van der Waals surface area contributed by atoms with Crippen molar-refractivity contribution in [1.29, 1.82) is 0 Å². The van der Waals surface area contributed by atoms with Crippen LogP contribution >= 0.6 is 0 Å². The molecule has 1 aliphatic rings. The minimum Gasteiger partial charge on any atom is -0.295 e. The molecule has 1 aliphatic heterocycles. The number of nitrogens with zero attached hydrogens (tertiary/aromatic N) is 1. The van der Waals surface area contributed by atoms with Gasteiger partial charge in [-0.2, -0.15) is 0 Å². The molecule has 1 saturated heterocycles. The second-order valence-electron chi connectivity index (χ2n) is 5.62. The van der Waals surface area contributed by atoms with E-state index in [2.05, 4.69) is 37.8 Å². The van der Waals surface area contributed by atoms with Crippen molar-refractivity contribution in [2.24, 2.45) is 11.8 Å². The zero-order valence-electron chi connectivity index (χ0n) is 11.6. The van der Waals surface area contributed by atoms with Gasteiger partial charge >= 0.3 is 0 Å². The summed E-state index contributed by atoms with van der Waals surface area (Å²) in [5.74, 6) is 1.67. The number of benzene rings is 1. The molecule has 0 amide bonds. The van der Waals surface area contributed by atoms with E-state index in [0.29, 0.717) is 18.4 Å². The zero-order valence-corrected chi connectivity index (χ0v) is 11.6. The molecule has 0 radical (unpaired) electrons. The minimum absolute atomic E-state index is 0.249. The fourth-order valence-electron chi connectivity index (χ4n) is 2.60. The number of carbonyl (C=O) groups excluding carboxylic acids is 1. The van der Waals surface area contributed by atoms with E-state index in [0.717, 1.165) is 25.1 Å². The van der Waals surface area contributed by atoms with Crippen molar-refractivity contribution >= 4 is 5.78 Å². The van der Waals surface area contributed by atoms with Gasteiger partial charge in [0.2, 0.25) is 0 Å². The number of rotatable bonds is 4. The topological polar surface area (TPSA) is 20.3 Å². The molecular formula is C16H23NO. The lowest BCUT2D eigenvalue weighted by atomic mass is 10.0. The van der Waals surface area contributed by atoms with Gasteiger partial charge in [-0.15, -0.1) is 0 Å². The van der Waals surface area contributed by atoms with Crippen LogP contribution in [0.4, 0.5) is 0 Å². The summed E-state index contributed by atoms with van der Waals surface area (Å²) in [5, 5.41) is 0. The summed E-state index contributed by atoms with van der Waals surface area (Å²) in [7, 11) is 0. The number of hydrogen-bond acceptors (Lipinski definition) is 2. The number of aryl methyl sites for hydroxylation is 1. The van der Waals surface area contributed by atoms with Gasteiger partial charge < -0.3 is 0 Å². The van der Waals surface area contributed by atoms with E-state index < -0.39 is 0 Å². The van der Waals surface area contributed by atoms with Gasteiger partial charge in [0.25, 0.3) is 0 Å². The molecule has 1 fully saturated rings. The van der Waals surface area contributed by atoms with Crippen molar-refractivity contribution in [2.75, 3.05) is 19.6 Å². The van der Waals surface area contributed by atoms with Gasteiger partial charge in [0.15, 0.2) is 5.78 Å². The molecule has 2 unspecified atom stereocenters. The molecular weight excluding hydrogens is 222 g/mol. The van der Waals surface area contributed by atoms with Crippen LogP contribution in [0.5, 0.6) is 0 Å². The van der Waals surface area contributed by atoms with Crippen LogP contribution in [-0.2, 0) is 6.42 Å². The fraction of sp³-hybridized carbons (Fsp3) is 0.562. The molecule has 0 aliphatic carbocycles. The SMILES string of the molecule is CCc1ccc(C(=O)CN2CC(C)C(C)C2)cc1. The van der Waals surface area contributed by atoms with Crippen LogP contribution in [-0.4, -0.2) is 30.3 Å². The smallest absolute Gasteiger partial charge is 0.176 e. The van der Waals surface area contributed by atoms with Crippen molar-refractivity contribution in [1.82, 2.24) is 4.90 Å². The van der Waals surface area contributed by atoms with E-state index in [1.54, 1.807) is 0 Å². The number of likely N-dealkylation sites (tertiary alicyclic amines) is 1. The Morgan fingerprint density at radius 3 is 2.22 bits per heavy atom. The molecule has 2 rings (SSSR count). The van der Waals surface area contributed by atoms with Crippen LogP contribution in [0.3, 0.4) is 0 Å². The maximum absolute atomic E-state index is 12.2. The van der Waals surface area contributed by atoms with Crippen molar-refractivity contribution < 1.29 is 4.79 Å². The van der Waals surface area contributed by atoms with Gasteiger partial charge in [0.1, 0.15) is 0 Å². The Bertz CT molecular complexity index is 400. The normalized spacial score (nSPS) is 24.4. The van der Waals surface area contributed by atoms with E-state index in [1.807, 2.05) is 12.1 Å². The highest BCUT2D eigenvalue weighted by molar-refractivity contribution is 5.97. The van der Waals surface area contributed by atoms with Crippen molar-refractivity contribution in [3.63, 3.8) is 0 Å². The lowest BCUT2D eigenvalue weighted by Crippen LogP contribution is -2.28. The first-order valence-electron chi connectivity index (χ1n) is 6.94. The number of ketones is 1. The molecule has 18 heavy (non-hydrogen) atoms. The van der Waals surface area contributed by atoms with Crippen molar-refractivity contribution in [3.05, 3.63) is 35.4 Å².